The molecule has 2 amide bonds. The Hall–Kier alpha value is -2.79. The van der Waals surface area contributed by atoms with Gasteiger partial charge in [0, 0.05) is 6.07 Å². The summed E-state index contributed by atoms with van der Waals surface area (Å²) in [5.41, 5.74) is 0.623. The topological polar surface area (TPSA) is 132 Å². The smallest absolute Gasteiger partial charge is 0.328 e. The molecule has 0 bridgehead atoms. The summed E-state index contributed by atoms with van der Waals surface area (Å²) in [6.07, 6.45) is 0. The van der Waals surface area contributed by atoms with E-state index in [1.54, 1.807) is 0 Å². The van der Waals surface area contributed by atoms with Crippen molar-refractivity contribution in [2.45, 2.75) is 6.04 Å². The second kappa shape index (κ2) is 6.96. The van der Waals surface area contributed by atoms with Crippen LogP contribution in [-0.2, 0) is 4.79 Å². The van der Waals surface area contributed by atoms with E-state index in [0.717, 1.165) is 0 Å². The lowest BCUT2D eigenvalue weighted by Crippen LogP contribution is -2.45. The standard InChI is InChI=1S/C12H13N3O5/c1-20-10-4-7(5-13)2-3-8(10)14-12(19)15-9(6-16)11(17)18/h2-4,9,16H,6H2,1H3,(H,17,18)(H2,14,15,19). The van der Waals surface area contributed by atoms with Crippen LogP contribution in [0.4, 0.5) is 10.5 Å². The van der Waals surface area contributed by atoms with Gasteiger partial charge in [0.25, 0.3) is 0 Å². The summed E-state index contributed by atoms with van der Waals surface area (Å²) in [6.45, 7) is -0.729. The zero-order chi connectivity index (χ0) is 15.1. The third-order valence-corrected chi connectivity index (χ3v) is 2.36. The maximum absolute atomic E-state index is 11.6. The number of methoxy groups -OCH3 is 1. The lowest BCUT2D eigenvalue weighted by Gasteiger charge is -2.14. The molecule has 0 aliphatic rings. The number of aliphatic hydroxyl groups excluding tert-OH is 1. The number of ether oxygens (including phenoxy) is 1. The van der Waals surface area contributed by atoms with Crippen molar-refractivity contribution in [1.29, 1.82) is 5.26 Å². The Morgan fingerprint density at radius 2 is 2.20 bits per heavy atom. The van der Waals surface area contributed by atoms with E-state index in [1.807, 2.05) is 6.07 Å². The quantitative estimate of drug-likeness (QED) is 0.606. The van der Waals surface area contributed by atoms with Gasteiger partial charge in [0.2, 0.25) is 0 Å². The van der Waals surface area contributed by atoms with Gasteiger partial charge in [-0.1, -0.05) is 0 Å². The predicted octanol–water partition coefficient (Wildman–Crippen LogP) is 0.134. The highest BCUT2D eigenvalue weighted by Gasteiger charge is 2.19. The molecule has 1 unspecified atom stereocenters. The van der Waals surface area contributed by atoms with Gasteiger partial charge in [-0.05, 0) is 12.1 Å². The van der Waals surface area contributed by atoms with Gasteiger partial charge in [-0.25, -0.2) is 9.59 Å². The van der Waals surface area contributed by atoms with E-state index in [4.69, 9.17) is 20.2 Å². The number of hydrogen-bond donors (Lipinski definition) is 4. The van der Waals surface area contributed by atoms with E-state index in [-0.39, 0.29) is 11.4 Å². The molecule has 0 saturated carbocycles. The molecule has 1 aromatic rings. The van der Waals surface area contributed by atoms with Gasteiger partial charge in [-0.2, -0.15) is 5.26 Å². The van der Waals surface area contributed by atoms with Gasteiger partial charge in [0.1, 0.15) is 5.75 Å². The number of carboxylic acid groups (broad SMARTS) is 1. The molecule has 0 aliphatic heterocycles. The maximum Gasteiger partial charge on any atom is 0.328 e. The molecule has 0 saturated heterocycles. The third kappa shape index (κ3) is 3.86. The highest BCUT2D eigenvalue weighted by molar-refractivity contribution is 5.93. The van der Waals surface area contributed by atoms with Crippen molar-refractivity contribution in [2.75, 3.05) is 19.0 Å². The Kier molecular flexibility index (Phi) is 5.31. The van der Waals surface area contributed by atoms with Gasteiger partial charge < -0.3 is 25.6 Å². The summed E-state index contributed by atoms with van der Waals surface area (Å²) in [5.74, 6) is -1.09. The van der Waals surface area contributed by atoms with Crippen LogP contribution in [0.3, 0.4) is 0 Å². The Balaban J connectivity index is 2.80. The highest BCUT2D eigenvalue weighted by atomic mass is 16.5. The van der Waals surface area contributed by atoms with Crippen LogP contribution in [0.5, 0.6) is 5.75 Å². The number of carbonyl (C=O) groups excluding carboxylic acids is 1. The predicted molar refractivity (Wildman–Crippen MR) is 68.4 cm³/mol. The van der Waals surface area contributed by atoms with Crippen molar-refractivity contribution in [3.05, 3.63) is 23.8 Å². The van der Waals surface area contributed by atoms with Crippen molar-refractivity contribution >= 4 is 17.7 Å². The first-order valence-corrected chi connectivity index (χ1v) is 5.51. The van der Waals surface area contributed by atoms with Gasteiger partial charge in [-0.15, -0.1) is 0 Å². The molecule has 1 aromatic carbocycles. The van der Waals surface area contributed by atoms with Gasteiger partial charge in [-0.3, -0.25) is 0 Å². The first kappa shape index (κ1) is 15.3. The molecule has 1 rings (SSSR count). The van der Waals surface area contributed by atoms with Crippen LogP contribution < -0.4 is 15.4 Å². The Labute approximate surface area is 114 Å². The Bertz CT molecular complexity index is 553. The molecule has 8 nitrogen and oxygen atoms in total. The number of nitrogens with one attached hydrogen (secondary N) is 2. The summed E-state index contributed by atoms with van der Waals surface area (Å²) in [7, 11) is 1.37. The number of aliphatic carboxylic acids is 1. The molecule has 20 heavy (non-hydrogen) atoms. The minimum atomic E-state index is -1.40. The average molecular weight is 279 g/mol. The van der Waals surface area contributed by atoms with E-state index in [2.05, 4.69) is 10.6 Å². The summed E-state index contributed by atoms with van der Waals surface area (Å²) in [4.78, 5) is 22.3. The SMILES string of the molecule is COc1cc(C#N)ccc1NC(=O)NC(CO)C(=O)O. The Morgan fingerprint density at radius 3 is 2.70 bits per heavy atom. The van der Waals surface area contributed by atoms with E-state index in [1.165, 1.54) is 25.3 Å². The molecule has 106 valence electrons. The van der Waals surface area contributed by atoms with Crippen molar-refractivity contribution in [3.63, 3.8) is 0 Å². The number of nitriles is 1. The third-order valence-electron chi connectivity index (χ3n) is 2.36. The molecular formula is C12H13N3O5. The first-order valence-electron chi connectivity index (χ1n) is 5.51. The molecule has 8 heteroatoms. The average Bonchev–Trinajstić information content (AvgIpc) is 2.44. The van der Waals surface area contributed by atoms with E-state index >= 15 is 0 Å². The number of urea groups is 1. The highest BCUT2D eigenvalue weighted by Crippen LogP contribution is 2.25. The van der Waals surface area contributed by atoms with E-state index in [9.17, 15) is 9.59 Å². The fourth-order valence-corrected chi connectivity index (χ4v) is 1.37. The van der Waals surface area contributed by atoms with E-state index < -0.39 is 24.6 Å². The largest absolute Gasteiger partial charge is 0.495 e. The number of benzene rings is 1. The van der Waals surface area contributed by atoms with Gasteiger partial charge in [0.15, 0.2) is 6.04 Å². The van der Waals surface area contributed by atoms with Crippen LogP contribution in [0.2, 0.25) is 0 Å². The normalized spacial score (nSPS) is 11.1. The van der Waals surface area contributed by atoms with Crippen molar-refractivity contribution in [2.24, 2.45) is 0 Å². The maximum atomic E-state index is 11.6. The Morgan fingerprint density at radius 1 is 1.50 bits per heavy atom. The number of anilines is 1. The van der Waals surface area contributed by atoms with Crippen LogP contribution >= 0.6 is 0 Å². The second-order valence-corrected chi connectivity index (χ2v) is 3.70. The molecule has 0 spiro atoms. The van der Waals surface area contributed by atoms with E-state index in [0.29, 0.717) is 5.56 Å². The molecule has 0 aromatic heterocycles. The van der Waals surface area contributed by atoms with Crippen LogP contribution in [-0.4, -0.2) is 42.0 Å². The monoisotopic (exact) mass is 279 g/mol. The zero-order valence-corrected chi connectivity index (χ0v) is 10.6. The molecular weight excluding hydrogens is 266 g/mol. The van der Waals surface area contributed by atoms with Crippen molar-refractivity contribution in [3.8, 4) is 11.8 Å². The summed E-state index contributed by atoms with van der Waals surface area (Å²) in [6, 6.07) is 4.05. The number of carbonyl (C=O) groups is 2. The number of hydrogen-bond acceptors (Lipinski definition) is 5. The summed E-state index contributed by atoms with van der Waals surface area (Å²) >= 11 is 0. The lowest BCUT2D eigenvalue weighted by molar-refractivity contribution is -0.140. The molecule has 1 atom stereocenters. The fraction of sp³-hybridized carbons (Fsp3) is 0.250. The van der Waals surface area contributed by atoms with Gasteiger partial charge in [0.05, 0.1) is 31.0 Å². The fourth-order valence-electron chi connectivity index (χ4n) is 1.37. The summed E-state index contributed by atoms with van der Waals surface area (Å²) < 4.78 is 5.01. The second-order valence-electron chi connectivity index (χ2n) is 3.70. The van der Waals surface area contributed by atoms with Crippen LogP contribution in [0.25, 0.3) is 0 Å². The molecule has 0 radical (unpaired) electrons. The number of aliphatic hydroxyl groups is 1. The van der Waals surface area contributed by atoms with Crippen LogP contribution in [0.1, 0.15) is 5.56 Å². The van der Waals surface area contributed by atoms with Gasteiger partial charge >= 0.3 is 12.0 Å². The molecule has 4 N–H and O–H groups in total. The molecule has 0 heterocycles. The number of rotatable bonds is 5. The van der Waals surface area contributed by atoms with Crippen LogP contribution in [0, 0.1) is 11.3 Å². The zero-order valence-electron chi connectivity index (χ0n) is 10.6. The first-order chi connectivity index (χ1) is 9.51. The minimum Gasteiger partial charge on any atom is -0.495 e. The lowest BCUT2D eigenvalue weighted by atomic mass is 10.2. The van der Waals surface area contributed by atoms with Crippen molar-refractivity contribution in [1.82, 2.24) is 5.32 Å². The molecule has 0 fully saturated rings. The van der Waals surface area contributed by atoms with Crippen molar-refractivity contribution < 1.29 is 24.5 Å². The number of nitrogens with zero attached hydrogens (tertiary/aromatic N) is 1. The minimum absolute atomic E-state index is 0.259. The number of carboxylic acids is 1. The summed E-state index contributed by atoms with van der Waals surface area (Å²) in [5, 5.41) is 30.7. The molecule has 0 aliphatic carbocycles. The van der Waals surface area contributed by atoms with Crippen LogP contribution in [0.15, 0.2) is 18.2 Å². The number of amides is 2.